The standard InChI is InChI=1S/C34H43N5O3/c1-34(2,3)26-9-10-28-25(19-26)20-29-32(36-28)42-33(37-29)31(41)21-24(12-16-39-17-13-27(40)14-18-39)22-5-7-23(8-6-22)30-11-15-35-38(30)4/h5-8,11,15,20,24,26-27,40H,9-10,12-14,16-19,21H2,1-4H3/t24-,26-/m0/s1. The van der Waals surface area contributed by atoms with Crippen LogP contribution in [0.15, 0.2) is 47.0 Å². The van der Waals surface area contributed by atoms with Crippen molar-refractivity contribution in [3.8, 4) is 11.3 Å². The summed E-state index contributed by atoms with van der Waals surface area (Å²) in [6.45, 7) is 9.57. The first-order valence-corrected chi connectivity index (χ1v) is 15.5. The highest BCUT2D eigenvalue weighted by atomic mass is 16.4. The molecule has 1 saturated heterocycles. The van der Waals surface area contributed by atoms with Crippen molar-refractivity contribution in [2.24, 2.45) is 18.4 Å². The Hall–Kier alpha value is -3.36. The number of carbonyl (C=O) groups excluding carboxylic acids is 1. The SMILES string of the molecule is Cn1nccc1-c1ccc([C@@H](CCN2CCC(O)CC2)CC(=O)c2nc3cc4c(nc3o2)CC[C@H](C(C)(C)C)C4)cc1. The molecule has 0 saturated carbocycles. The molecule has 0 radical (unpaired) electrons. The quantitative estimate of drug-likeness (QED) is 0.261. The van der Waals surface area contributed by atoms with Crippen LogP contribution in [0, 0.1) is 11.3 Å². The molecular formula is C34H43N5O3. The van der Waals surface area contributed by atoms with Crippen molar-refractivity contribution in [2.45, 2.75) is 77.7 Å². The average Bonchev–Trinajstić information content (AvgIpc) is 3.59. The van der Waals surface area contributed by atoms with E-state index in [1.54, 1.807) is 6.20 Å². The molecule has 1 aliphatic heterocycles. The zero-order valence-electron chi connectivity index (χ0n) is 25.3. The number of pyridine rings is 1. The Kier molecular flexibility index (Phi) is 8.03. The number of ketones is 1. The maximum Gasteiger partial charge on any atom is 0.265 e. The van der Waals surface area contributed by atoms with Crippen LogP contribution < -0.4 is 0 Å². The number of Topliss-reactive ketones (excluding diaryl/α,β-unsaturated/α-hetero) is 1. The van der Waals surface area contributed by atoms with Crippen molar-refractivity contribution in [1.82, 2.24) is 24.6 Å². The zero-order chi connectivity index (χ0) is 29.4. The lowest BCUT2D eigenvalue weighted by Gasteiger charge is -2.34. The van der Waals surface area contributed by atoms with E-state index in [0.717, 1.165) is 80.7 Å². The van der Waals surface area contributed by atoms with E-state index in [0.29, 0.717) is 23.6 Å². The van der Waals surface area contributed by atoms with E-state index >= 15 is 0 Å². The summed E-state index contributed by atoms with van der Waals surface area (Å²) in [5.41, 5.74) is 6.98. The molecule has 0 bridgehead atoms. The summed E-state index contributed by atoms with van der Waals surface area (Å²) < 4.78 is 7.86. The first-order chi connectivity index (χ1) is 20.1. The number of aliphatic hydroxyl groups excluding tert-OH is 1. The number of likely N-dealkylation sites (tertiary alicyclic amines) is 1. The zero-order valence-corrected chi connectivity index (χ0v) is 25.3. The molecule has 1 aromatic carbocycles. The average molecular weight is 570 g/mol. The van der Waals surface area contributed by atoms with Crippen molar-refractivity contribution in [3.05, 3.63) is 65.3 Å². The third-order valence-electron chi connectivity index (χ3n) is 9.49. The normalized spacial score (nSPS) is 19.2. The number of carbonyl (C=O) groups is 1. The van der Waals surface area contributed by atoms with Gasteiger partial charge >= 0.3 is 0 Å². The minimum atomic E-state index is -0.198. The minimum Gasteiger partial charge on any atom is -0.415 e. The van der Waals surface area contributed by atoms with E-state index in [1.165, 1.54) is 5.56 Å². The number of aliphatic hydroxyl groups is 1. The smallest absolute Gasteiger partial charge is 0.265 e. The molecule has 0 unspecified atom stereocenters. The van der Waals surface area contributed by atoms with Crippen molar-refractivity contribution in [3.63, 3.8) is 0 Å². The highest BCUT2D eigenvalue weighted by Gasteiger charge is 2.30. The Morgan fingerprint density at radius 3 is 2.55 bits per heavy atom. The molecule has 42 heavy (non-hydrogen) atoms. The molecule has 1 N–H and O–H groups in total. The third kappa shape index (κ3) is 6.20. The van der Waals surface area contributed by atoms with Crippen LogP contribution in [0.2, 0.25) is 0 Å². The molecule has 1 aliphatic carbocycles. The molecular weight excluding hydrogens is 526 g/mol. The van der Waals surface area contributed by atoms with Crippen LogP contribution >= 0.6 is 0 Å². The molecule has 4 aromatic rings. The highest BCUT2D eigenvalue weighted by Crippen LogP contribution is 2.38. The molecule has 1 fully saturated rings. The van der Waals surface area contributed by atoms with E-state index < -0.39 is 0 Å². The molecule has 3 aromatic heterocycles. The molecule has 4 heterocycles. The van der Waals surface area contributed by atoms with Gasteiger partial charge in [-0.1, -0.05) is 45.0 Å². The molecule has 8 nitrogen and oxygen atoms in total. The first-order valence-electron chi connectivity index (χ1n) is 15.5. The van der Waals surface area contributed by atoms with Crippen molar-refractivity contribution < 1.29 is 14.3 Å². The van der Waals surface area contributed by atoms with Gasteiger partial charge in [0.2, 0.25) is 11.5 Å². The van der Waals surface area contributed by atoms with Gasteiger partial charge in [0.05, 0.1) is 11.8 Å². The molecule has 8 heteroatoms. The number of benzene rings is 1. The summed E-state index contributed by atoms with van der Waals surface area (Å²) >= 11 is 0. The molecule has 2 atom stereocenters. The van der Waals surface area contributed by atoms with Gasteiger partial charge in [-0.3, -0.25) is 9.48 Å². The van der Waals surface area contributed by atoms with Crippen molar-refractivity contribution >= 4 is 17.0 Å². The second-order valence-corrected chi connectivity index (χ2v) is 13.4. The van der Waals surface area contributed by atoms with Crippen molar-refractivity contribution in [1.29, 1.82) is 0 Å². The fraction of sp³-hybridized carbons (Fsp3) is 0.529. The molecule has 2 aliphatic rings. The molecule has 222 valence electrons. The number of oxazole rings is 1. The summed E-state index contributed by atoms with van der Waals surface area (Å²) in [5, 5.41) is 14.2. The van der Waals surface area contributed by atoms with E-state index in [9.17, 15) is 9.90 Å². The van der Waals surface area contributed by atoms with Crippen LogP contribution in [-0.2, 0) is 19.9 Å². The second-order valence-electron chi connectivity index (χ2n) is 13.4. The van der Waals surface area contributed by atoms with Gasteiger partial charge in [0, 0.05) is 38.4 Å². The fourth-order valence-electron chi connectivity index (χ4n) is 6.63. The van der Waals surface area contributed by atoms with Crippen LogP contribution in [0.1, 0.15) is 86.3 Å². The lowest BCUT2D eigenvalue weighted by atomic mass is 9.71. The molecule has 0 amide bonds. The fourth-order valence-corrected chi connectivity index (χ4v) is 6.63. The molecule has 6 rings (SSSR count). The van der Waals surface area contributed by atoms with Crippen LogP contribution in [0.5, 0.6) is 0 Å². The summed E-state index contributed by atoms with van der Waals surface area (Å²) in [6.07, 6.45) is 7.41. The highest BCUT2D eigenvalue weighted by molar-refractivity contribution is 5.94. The lowest BCUT2D eigenvalue weighted by molar-refractivity contribution is 0.0803. The predicted molar refractivity (Wildman–Crippen MR) is 163 cm³/mol. The Balaban J connectivity index is 1.21. The summed E-state index contributed by atoms with van der Waals surface area (Å²) in [4.78, 5) is 25.5. The van der Waals surface area contributed by atoms with Gasteiger partial charge in [0.15, 0.2) is 0 Å². The Labute approximate surface area is 248 Å². The summed E-state index contributed by atoms with van der Waals surface area (Å²) in [7, 11) is 1.94. The minimum absolute atomic E-state index is 0.0219. The van der Waals surface area contributed by atoms with E-state index in [-0.39, 0.29) is 29.1 Å². The monoisotopic (exact) mass is 569 g/mol. The predicted octanol–water partition coefficient (Wildman–Crippen LogP) is 5.98. The van der Waals surface area contributed by atoms with Gasteiger partial charge in [-0.05, 0) is 91.1 Å². The van der Waals surface area contributed by atoms with Gasteiger partial charge in [0.25, 0.3) is 5.89 Å². The Bertz CT molecular complexity index is 1540. The number of fused-ring (bicyclic) bond motifs is 2. The second kappa shape index (κ2) is 11.7. The number of aromatic nitrogens is 4. The van der Waals surface area contributed by atoms with Crippen molar-refractivity contribution in [2.75, 3.05) is 19.6 Å². The maximum absolute atomic E-state index is 13.7. The number of aryl methyl sites for hydroxylation is 2. The number of piperidine rings is 1. The number of nitrogens with zero attached hydrogens (tertiary/aromatic N) is 5. The van der Waals surface area contributed by atoms with Crippen LogP contribution in [0.4, 0.5) is 0 Å². The van der Waals surface area contributed by atoms with E-state index in [1.807, 2.05) is 17.8 Å². The number of hydrogen-bond donors (Lipinski definition) is 1. The first kappa shape index (κ1) is 28.7. The van der Waals surface area contributed by atoms with Gasteiger partial charge in [-0.15, -0.1) is 0 Å². The topological polar surface area (TPSA) is 97.3 Å². The molecule has 0 spiro atoms. The van der Waals surface area contributed by atoms with Crippen LogP contribution in [0.3, 0.4) is 0 Å². The largest absolute Gasteiger partial charge is 0.415 e. The number of hydrogen-bond acceptors (Lipinski definition) is 7. The van der Waals surface area contributed by atoms with E-state index in [2.05, 4.69) is 66.1 Å². The summed E-state index contributed by atoms with van der Waals surface area (Å²) in [6, 6.07) is 12.6. The number of rotatable bonds is 8. The van der Waals surface area contributed by atoms with E-state index in [4.69, 9.17) is 9.40 Å². The summed E-state index contributed by atoms with van der Waals surface area (Å²) in [5.74, 6) is 0.692. The van der Waals surface area contributed by atoms with Gasteiger partial charge in [-0.25, -0.2) is 9.97 Å². The van der Waals surface area contributed by atoms with Gasteiger partial charge < -0.3 is 14.4 Å². The Morgan fingerprint density at radius 1 is 1.10 bits per heavy atom. The van der Waals surface area contributed by atoms with Crippen LogP contribution in [0.25, 0.3) is 22.5 Å². The third-order valence-corrected chi connectivity index (χ3v) is 9.49. The Morgan fingerprint density at radius 2 is 1.86 bits per heavy atom. The van der Waals surface area contributed by atoms with Gasteiger partial charge in [0.1, 0.15) is 5.52 Å². The van der Waals surface area contributed by atoms with Crippen LogP contribution in [-0.4, -0.2) is 61.3 Å². The maximum atomic E-state index is 13.7. The lowest BCUT2D eigenvalue weighted by Crippen LogP contribution is -2.36. The van der Waals surface area contributed by atoms with Gasteiger partial charge in [-0.2, -0.15) is 5.10 Å².